The number of thiazole rings is 1. The monoisotopic (exact) mass is 414 g/mol. The Balaban J connectivity index is 2.01. The number of nitrogens with one attached hydrogen (secondary N) is 2. The number of nitrogens with zero attached hydrogens (tertiary/aromatic N) is 2. The van der Waals surface area contributed by atoms with Crippen molar-refractivity contribution in [3.63, 3.8) is 0 Å². The molecule has 1 atom stereocenters. The molecule has 0 aliphatic heterocycles. The summed E-state index contributed by atoms with van der Waals surface area (Å²) in [5.74, 6) is -0.726. The van der Waals surface area contributed by atoms with Gasteiger partial charge in [0, 0.05) is 24.2 Å². The SMILES string of the molecule is CC[C@@H](C)NC(=O)CN(C)C(=O)c1csc(Nc2cccc(C(F)(F)F)c2)n1. The molecule has 0 radical (unpaired) electrons. The van der Waals surface area contributed by atoms with Gasteiger partial charge in [0.2, 0.25) is 5.91 Å². The first-order valence-corrected chi connectivity index (χ1v) is 9.42. The molecule has 0 bridgehead atoms. The van der Waals surface area contributed by atoms with E-state index in [0.29, 0.717) is 0 Å². The van der Waals surface area contributed by atoms with Crippen LogP contribution < -0.4 is 10.6 Å². The molecule has 0 unspecified atom stereocenters. The van der Waals surface area contributed by atoms with Crippen molar-refractivity contribution in [1.82, 2.24) is 15.2 Å². The van der Waals surface area contributed by atoms with Crippen LogP contribution in [0, 0.1) is 0 Å². The summed E-state index contributed by atoms with van der Waals surface area (Å²) in [6.45, 7) is 3.69. The third-order valence-corrected chi connectivity index (χ3v) is 4.67. The van der Waals surface area contributed by atoms with Crippen molar-refractivity contribution < 1.29 is 22.8 Å². The highest BCUT2D eigenvalue weighted by atomic mass is 32.1. The molecule has 152 valence electrons. The average molecular weight is 414 g/mol. The van der Waals surface area contributed by atoms with Crippen LogP contribution in [0.4, 0.5) is 24.0 Å². The molecule has 28 heavy (non-hydrogen) atoms. The number of hydrogen-bond donors (Lipinski definition) is 2. The lowest BCUT2D eigenvalue weighted by molar-refractivity contribution is -0.137. The molecule has 0 fully saturated rings. The summed E-state index contributed by atoms with van der Waals surface area (Å²) in [4.78, 5) is 29.6. The number of alkyl halides is 3. The lowest BCUT2D eigenvalue weighted by Crippen LogP contribution is -2.41. The highest BCUT2D eigenvalue weighted by Gasteiger charge is 2.30. The summed E-state index contributed by atoms with van der Waals surface area (Å²) >= 11 is 1.09. The van der Waals surface area contributed by atoms with Crippen molar-refractivity contribution in [2.24, 2.45) is 0 Å². The van der Waals surface area contributed by atoms with Gasteiger partial charge in [0.25, 0.3) is 5.91 Å². The van der Waals surface area contributed by atoms with Gasteiger partial charge >= 0.3 is 6.18 Å². The smallest absolute Gasteiger partial charge is 0.352 e. The average Bonchev–Trinajstić information content (AvgIpc) is 3.08. The van der Waals surface area contributed by atoms with E-state index in [2.05, 4.69) is 15.6 Å². The topological polar surface area (TPSA) is 74.3 Å². The van der Waals surface area contributed by atoms with E-state index in [1.54, 1.807) is 0 Å². The van der Waals surface area contributed by atoms with Crippen LogP contribution in [0.3, 0.4) is 0 Å². The lowest BCUT2D eigenvalue weighted by Gasteiger charge is -2.17. The summed E-state index contributed by atoms with van der Waals surface area (Å²) in [5.41, 5.74) is -0.458. The highest BCUT2D eigenvalue weighted by molar-refractivity contribution is 7.14. The number of rotatable bonds is 7. The van der Waals surface area contributed by atoms with E-state index < -0.39 is 17.6 Å². The largest absolute Gasteiger partial charge is 0.416 e. The van der Waals surface area contributed by atoms with Crippen molar-refractivity contribution in [2.75, 3.05) is 18.9 Å². The highest BCUT2D eigenvalue weighted by Crippen LogP contribution is 2.31. The Morgan fingerprint density at radius 1 is 1.32 bits per heavy atom. The van der Waals surface area contributed by atoms with Gasteiger partial charge < -0.3 is 15.5 Å². The fourth-order valence-corrected chi connectivity index (χ4v) is 2.94. The van der Waals surface area contributed by atoms with Crippen LogP contribution in [-0.2, 0) is 11.0 Å². The molecule has 0 spiro atoms. The Bertz CT molecular complexity index is 838. The van der Waals surface area contributed by atoms with E-state index in [0.717, 1.165) is 29.9 Å². The van der Waals surface area contributed by atoms with Crippen molar-refractivity contribution in [3.05, 3.63) is 40.9 Å². The van der Waals surface area contributed by atoms with Crippen LogP contribution in [-0.4, -0.2) is 41.3 Å². The summed E-state index contributed by atoms with van der Waals surface area (Å²) < 4.78 is 38.4. The summed E-state index contributed by atoms with van der Waals surface area (Å²) in [6.07, 6.45) is -3.67. The standard InChI is InChI=1S/C18H21F3N4O2S/c1-4-11(2)22-15(26)9-25(3)16(27)14-10-28-17(24-14)23-13-7-5-6-12(8-13)18(19,20)21/h5-8,10-11H,4,9H2,1-3H3,(H,22,26)(H,23,24)/t11-/m1/s1. The van der Waals surface area contributed by atoms with Gasteiger partial charge in [-0.25, -0.2) is 4.98 Å². The second-order valence-electron chi connectivity index (χ2n) is 6.28. The Labute approximate surface area is 164 Å². The molecular weight excluding hydrogens is 393 g/mol. The Morgan fingerprint density at radius 3 is 2.68 bits per heavy atom. The van der Waals surface area contributed by atoms with Crippen LogP contribution in [0.25, 0.3) is 0 Å². The van der Waals surface area contributed by atoms with Crippen molar-refractivity contribution in [3.8, 4) is 0 Å². The number of anilines is 2. The van der Waals surface area contributed by atoms with E-state index in [4.69, 9.17) is 0 Å². The van der Waals surface area contributed by atoms with Crippen LogP contribution in [0.2, 0.25) is 0 Å². The molecule has 6 nitrogen and oxygen atoms in total. The predicted molar refractivity (Wildman–Crippen MR) is 102 cm³/mol. The summed E-state index contributed by atoms with van der Waals surface area (Å²) in [7, 11) is 1.48. The normalized spacial score (nSPS) is 12.4. The molecule has 2 amide bonds. The number of hydrogen-bond acceptors (Lipinski definition) is 5. The van der Waals surface area contributed by atoms with Gasteiger partial charge in [-0.1, -0.05) is 13.0 Å². The zero-order valence-corrected chi connectivity index (χ0v) is 16.4. The first-order chi connectivity index (χ1) is 13.1. The second kappa shape index (κ2) is 9.05. The molecule has 0 saturated heterocycles. The molecule has 0 saturated carbocycles. The maximum atomic E-state index is 12.8. The second-order valence-corrected chi connectivity index (χ2v) is 7.14. The summed E-state index contributed by atoms with van der Waals surface area (Å²) in [6, 6.07) is 4.71. The maximum Gasteiger partial charge on any atom is 0.416 e. The lowest BCUT2D eigenvalue weighted by atomic mass is 10.2. The minimum atomic E-state index is -4.44. The molecule has 2 N–H and O–H groups in total. The third kappa shape index (κ3) is 5.95. The third-order valence-electron chi connectivity index (χ3n) is 3.91. The van der Waals surface area contributed by atoms with E-state index in [1.807, 2.05) is 13.8 Å². The molecule has 0 aliphatic carbocycles. The van der Waals surface area contributed by atoms with Crippen LogP contribution in [0.5, 0.6) is 0 Å². The van der Waals surface area contributed by atoms with Crippen molar-refractivity contribution in [1.29, 1.82) is 0 Å². The molecule has 1 aromatic heterocycles. The van der Waals surface area contributed by atoms with E-state index >= 15 is 0 Å². The van der Waals surface area contributed by atoms with Crippen molar-refractivity contribution >= 4 is 34.0 Å². The number of likely N-dealkylation sites (N-methyl/N-ethyl adjacent to an activating group) is 1. The Kier molecular flexibility index (Phi) is 7.00. The van der Waals surface area contributed by atoms with Crippen LogP contribution in [0.15, 0.2) is 29.6 Å². The fraction of sp³-hybridized carbons (Fsp3) is 0.389. The first-order valence-electron chi connectivity index (χ1n) is 8.54. The predicted octanol–water partition coefficient (Wildman–Crippen LogP) is 3.89. The first kappa shape index (κ1) is 21.7. The van der Waals surface area contributed by atoms with Gasteiger partial charge in [0.15, 0.2) is 5.13 Å². The Morgan fingerprint density at radius 2 is 2.04 bits per heavy atom. The molecular formula is C18H21F3N4O2S. The van der Waals surface area contributed by atoms with Crippen molar-refractivity contribution in [2.45, 2.75) is 32.5 Å². The van der Waals surface area contributed by atoms with Gasteiger partial charge in [-0.15, -0.1) is 11.3 Å². The zero-order valence-electron chi connectivity index (χ0n) is 15.6. The molecule has 0 aliphatic rings. The molecule has 2 rings (SSSR count). The minimum absolute atomic E-state index is 0.0125. The number of carbonyl (C=O) groups is 2. The molecule has 2 aromatic rings. The summed E-state index contributed by atoms with van der Waals surface area (Å²) in [5, 5.41) is 7.30. The zero-order chi connectivity index (χ0) is 20.9. The number of carbonyl (C=O) groups excluding carboxylic acids is 2. The maximum absolute atomic E-state index is 12.8. The van der Waals surface area contributed by atoms with E-state index in [1.165, 1.54) is 29.5 Å². The number of aromatic nitrogens is 1. The minimum Gasteiger partial charge on any atom is -0.352 e. The van der Waals surface area contributed by atoms with Gasteiger partial charge in [0.05, 0.1) is 12.1 Å². The fourth-order valence-electron chi connectivity index (χ4n) is 2.23. The van der Waals surface area contributed by atoms with Gasteiger partial charge in [-0.2, -0.15) is 13.2 Å². The number of benzene rings is 1. The molecule has 1 aromatic carbocycles. The van der Waals surface area contributed by atoms with E-state index in [9.17, 15) is 22.8 Å². The quantitative estimate of drug-likeness (QED) is 0.721. The van der Waals surface area contributed by atoms with Gasteiger partial charge in [-0.3, -0.25) is 9.59 Å². The van der Waals surface area contributed by atoms with Gasteiger partial charge in [-0.05, 0) is 31.5 Å². The van der Waals surface area contributed by atoms with Crippen LogP contribution in [0.1, 0.15) is 36.3 Å². The van der Waals surface area contributed by atoms with Gasteiger partial charge in [0.1, 0.15) is 5.69 Å². The molecule has 1 heterocycles. The number of halogens is 3. The van der Waals surface area contributed by atoms with E-state index in [-0.39, 0.29) is 35.0 Å². The number of amides is 2. The molecule has 10 heteroatoms. The van der Waals surface area contributed by atoms with Crippen LogP contribution >= 0.6 is 11.3 Å². The Hall–Kier alpha value is -2.62.